The second-order valence-corrected chi connectivity index (χ2v) is 31.5. The molecule has 0 atom stereocenters. The normalized spacial score (nSPS) is 11.8. The van der Waals surface area contributed by atoms with E-state index in [1.807, 2.05) is 0 Å². The SMILES string of the molecule is Cc1cc(C)c([N-][Si](C)(C)O[Si](C)(C)[N-]c2c(C)cc(C)cc2C)c(C)c1.Cc1cc(C)c([N-][Si](C)(C)O[Si](C)(C)[N-]c2c(C)cc(C)cc2C)c(C)c1.[Fe+2].[Fe+2]. The van der Waals surface area contributed by atoms with Gasteiger partial charge in [-0.25, -0.2) is 0 Å². The Kier molecular flexibility index (Phi) is 18.8. The molecule has 0 radical (unpaired) electrons. The van der Waals surface area contributed by atoms with Crippen LogP contribution in [0.2, 0.25) is 52.4 Å². The van der Waals surface area contributed by atoms with Gasteiger partial charge in [-0.1, -0.05) is 168 Å². The molecular formula is C44H68Fe2N4O2Si4. The fraction of sp³-hybridized carbons (Fsp3) is 0.455. The van der Waals surface area contributed by atoms with Gasteiger partial charge < -0.3 is 28.2 Å². The van der Waals surface area contributed by atoms with Gasteiger partial charge in [-0.2, -0.15) is 0 Å². The molecule has 0 saturated carbocycles. The van der Waals surface area contributed by atoms with E-state index in [2.05, 4.69) is 184 Å². The summed E-state index contributed by atoms with van der Waals surface area (Å²) in [7, 11) is -9.07. The first-order chi connectivity index (χ1) is 24.6. The monoisotopic (exact) mass is 908 g/mol. The average molecular weight is 909 g/mol. The molecule has 0 unspecified atom stereocenters. The van der Waals surface area contributed by atoms with Gasteiger partial charge in [0.1, 0.15) is 0 Å². The topological polar surface area (TPSA) is 74.9 Å². The van der Waals surface area contributed by atoms with Gasteiger partial charge >= 0.3 is 34.1 Å². The van der Waals surface area contributed by atoms with E-state index < -0.39 is 33.9 Å². The summed E-state index contributed by atoms with van der Waals surface area (Å²) in [6, 6.07) is 17.6. The van der Waals surface area contributed by atoms with E-state index in [1.165, 1.54) is 66.8 Å². The first kappa shape index (κ1) is 51.9. The van der Waals surface area contributed by atoms with Crippen molar-refractivity contribution < 1.29 is 42.4 Å². The van der Waals surface area contributed by atoms with Gasteiger partial charge in [-0.3, -0.25) is 0 Å². The number of aryl methyl sites for hydroxylation is 12. The summed E-state index contributed by atoms with van der Waals surface area (Å²) in [5.74, 6) is 0. The molecule has 0 amide bonds. The Morgan fingerprint density at radius 2 is 0.411 bits per heavy atom. The molecule has 6 nitrogen and oxygen atoms in total. The first-order valence-corrected chi connectivity index (χ1v) is 30.6. The van der Waals surface area contributed by atoms with Crippen LogP contribution in [0.3, 0.4) is 0 Å². The van der Waals surface area contributed by atoms with Crippen molar-refractivity contribution in [2.45, 2.75) is 135 Å². The molecular weight excluding hydrogens is 841 g/mol. The van der Waals surface area contributed by atoms with E-state index in [1.54, 1.807) is 0 Å². The van der Waals surface area contributed by atoms with Gasteiger partial charge in [-0.15, -0.1) is 22.7 Å². The summed E-state index contributed by atoms with van der Waals surface area (Å²) in [6.45, 7) is 43.0. The number of hydrogen-bond acceptors (Lipinski definition) is 2. The van der Waals surface area contributed by atoms with Gasteiger partial charge in [0.15, 0.2) is 0 Å². The van der Waals surface area contributed by atoms with Gasteiger partial charge in [0.05, 0.1) is 33.9 Å². The molecule has 0 aliphatic rings. The second-order valence-electron chi connectivity index (χ2n) is 17.4. The van der Waals surface area contributed by atoms with Crippen molar-refractivity contribution in [1.82, 2.24) is 0 Å². The molecule has 308 valence electrons. The van der Waals surface area contributed by atoms with Crippen molar-refractivity contribution in [2.75, 3.05) is 0 Å². The van der Waals surface area contributed by atoms with Crippen molar-refractivity contribution in [3.05, 3.63) is 135 Å². The minimum Gasteiger partial charge on any atom is -0.666 e. The summed E-state index contributed by atoms with van der Waals surface area (Å²) in [5.41, 5.74) is 19.2. The zero-order valence-corrected chi connectivity index (χ0v) is 44.1. The Morgan fingerprint density at radius 1 is 0.286 bits per heavy atom. The van der Waals surface area contributed by atoms with E-state index in [9.17, 15) is 0 Å². The number of rotatable bonds is 12. The third-order valence-electron chi connectivity index (χ3n) is 9.06. The van der Waals surface area contributed by atoms with Crippen molar-refractivity contribution in [1.29, 1.82) is 0 Å². The summed E-state index contributed by atoms with van der Waals surface area (Å²) in [6.07, 6.45) is 0. The molecule has 0 aliphatic heterocycles. The Bertz CT molecular complexity index is 1610. The van der Waals surface area contributed by atoms with Crippen LogP contribution in [0.15, 0.2) is 48.5 Å². The molecule has 0 N–H and O–H groups in total. The standard InChI is InChI=1S/2C22H34N2OSi2.2Fe/c2*1-15-11-17(3)21(18(4)12-15)23-26(7,8)25-27(9,10)24-22-19(5)13-16(2)14-20(22)6;;/h2*11-14H,1-10H3;;/q2*-2;2*+2. The van der Waals surface area contributed by atoms with Crippen LogP contribution in [0.25, 0.3) is 19.9 Å². The molecule has 56 heavy (non-hydrogen) atoms. The van der Waals surface area contributed by atoms with Crippen LogP contribution in [-0.2, 0) is 42.4 Å². The largest absolute Gasteiger partial charge is 2.00 e. The van der Waals surface area contributed by atoms with Crippen LogP contribution in [0.5, 0.6) is 0 Å². The van der Waals surface area contributed by atoms with Crippen LogP contribution in [0.1, 0.15) is 66.8 Å². The Morgan fingerprint density at radius 3 is 0.536 bits per heavy atom. The fourth-order valence-corrected chi connectivity index (χ4v) is 21.9. The predicted molar refractivity (Wildman–Crippen MR) is 247 cm³/mol. The number of nitrogens with zero attached hydrogens (tertiary/aromatic N) is 4. The molecule has 0 heterocycles. The van der Waals surface area contributed by atoms with Crippen LogP contribution < -0.4 is 0 Å². The molecule has 12 heteroatoms. The maximum Gasteiger partial charge on any atom is 2.00 e. The van der Waals surface area contributed by atoms with E-state index in [-0.39, 0.29) is 34.1 Å². The average Bonchev–Trinajstić information content (AvgIpc) is 2.96. The van der Waals surface area contributed by atoms with E-state index >= 15 is 0 Å². The maximum absolute atomic E-state index is 6.66. The summed E-state index contributed by atoms with van der Waals surface area (Å²) >= 11 is 0. The predicted octanol–water partition coefficient (Wildman–Crippen LogP) is 15.3. The van der Waals surface area contributed by atoms with Crippen molar-refractivity contribution in [3.8, 4) is 0 Å². The number of benzene rings is 4. The van der Waals surface area contributed by atoms with Gasteiger partial charge in [-0.05, 0) is 83.1 Å². The van der Waals surface area contributed by atoms with Crippen LogP contribution in [-0.4, -0.2) is 33.9 Å². The fourth-order valence-electron chi connectivity index (χ4n) is 7.79. The molecule has 0 saturated heterocycles. The molecule has 4 rings (SSSR count). The van der Waals surface area contributed by atoms with Gasteiger partial charge in [0, 0.05) is 0 Å². The quantitative estimate of drug-likeness (QED) is 0.133. The third kappa shape index (κ3) is 15.3. The maximum atomic E-state index is 6.66. The molecule has 0 spiro atoms. The molecule has 0 aliphatic carbocycles. The molecule has 0 bridgehead atoms. The first-order valence-electron chi connectivity index (χ1n) is 19.2. The second kappa shape index (κ2) is 20.2. The Hall–Kier alpha value is -2.09. The minimum absolute atomic E-state index is 0. The van der Waals surface area contributed by atoms with Crippen LogP contribution in [0.4, 0.5) is 22.7 Å². The van der Waals surface area contributed by atoms with E-state index in [0.29, 0.717) is 0 Å². The molecule has 0 fully saturated rings. The molecule has 0 aromatic heterocycles. The van der Waals surface area contributed by atoms with E-state index in [4.69, 9.17) is 28.2 Å². The summed E-state index contributed by atoms with van der Waals surface area (Å²) in [5, 5.41) is 0. The zero-order valence-electron chi connectivity index (χ0n) is 37.9. The Labute approximate surface area is 367 Å². The Balaban J connectivity index is 0.000000541. The van der Waals surface area contributed by atoms with Crippen LogP contribution >= 0.6 is 0 Å². The van der Waals surface area contributed by atoms with Crippen molar-refractivity contribution in [2.24, 2.45) is 0 Å². The van der Waals surface area contributed by atoms with E-state index in [0.717, 1.165) is 22.7 Å². The van der Waals surface area contributed by atoms with Crippen LogP contribution in [0, 0.1) is 83.1 Å². The molecule has 4 aromatic rings. The number of hydrogen-bond donors (Lipinski definition) is 0. The summed E-state index contributed by atoms with van der Waals surface area (Å²) in [4.78, 5) is 20.4. The molecule has 4 aromatic carbocycles. The van der Waals surface area contributed by atoms with Crippen molar-refractivity contribution >= 4 is 56.7 Å². The van der Waals surface area contributed by atoms with Gasteiger partial charge in [0.2, 0.25) is 0 Å². The minimum atomic E-state index is -2.27. The third-order valence-corrected chi connectivity index (χ3v) is 20.1. The summed E-state index contributed by atoms with van der Waals surface area (Å²) < 4.78 is 13.3. The smallest absolute Gasteiger partial charge is 0.666 e. The van der Waals surface area contributed by atoms with Gasteiger partial charge in [0.25, 0.3) is 0 Å². The van der Waals surface area contributed by atoms with Crippen molar-refractivity contribution in [3.63, 3.8) is 0 Å². The zero-order chi connectivity index (χ0) is 41.1.